The molecular weight excluding hydrogens is 444 g/mol. The number of aromatic nitrogens is 1. The Hall–Kier alpha value is -2.87. The SMILES string of the molecule is CC(C)c1cccc2[nH]c(C(=O)N3C[C@H]4[C@@H]([C@H]3C(=O)N[C@H](CO)C[C@@H]3CCNC3=O)C4(C)C)cc12. The predicted molar refractivity (Wildman–Crippen MR) is 133 cm³/mol. The summed E-state index contributed by atoms with van der Waals surface area (Å²) in [4.78, 5) is 44.2. The van der Waals surface area contributed by atoms with E-state index in [0.29, 0.717) is 37.5 Å². The zero-order chi connectivity index (χ0) is 25.1. The Morgan fingerprint density at radius 3 is 2.71 bits per heavy atom. The molecule has 4 N–H and O–H groups in total. The lowest BCUT2D eigenvalue weighted by atomic mass is 9.97. The van der Waals surface area contributed by atoms with Gasteiger partial charge < -0.3 is 25.6 Å². The molecule has 35 heavy (non-hydrogen) atoms. The molecule has 1 aliphatic carbocycles. The summed E-state index contributed by atoms with van der Waals surface area (Å²) in [6.07, 6.45) is 1.10. The van der Waals surface area contributed by atoms with Crippen molar-refractivity contribution in [2.45, 2.75) is 58.5 Å². The van der Waals surface area contributed by atoms with Crippen LogP contribution in [-0.2, 0) is 9.59 Å². The Morgan fingerprint density at radius 1 is 1.29 bits per heavy atom. The zero-order valence-electron chi connectivity index (χ0n) is 20.9. The standard InChI is InChI=1S/C27H36N4O4/c1-14(2)17-6-5-7-20-18(17)11-21(30-20)26(35)31-12-19-22(27(19,3)4)23(31)25(34)29-16(13-32)10-15-8-9-28-24(15)33/h5-7,11,14-16,19,22-23,30,32H,8-10,12-13H2,1-4H3,(H,28,33)(H,29,34)/t15-,16-,19-,22-,23-/m0/s1. The Kier molecular flexibility index (Phi) is 5.90. The summed E-state index contributed by atoms with van der Waals surface area (Å²) in [7, 11) is 0. The number of H-pyrrole nitrogens is 1. The van der Waals surface area contributed by atoms with E-state index in [1.165, 1.54) is 5.56 Å². The van der Waals surface area contributed by atoms with Gasteiger partial charge in [-0.2, -0.15) is 0 Å². The Bertz CT molecular complexity index is 1170. The predicted octanol–water partition coefficient (Wildman–Crippen LogP) is 2.39. The molecule has 188 valence electrons. The molecular formula is C27H36N4O4. The number of rotatable bonds is 7. The minimum absolute atomic E-state index is 0.00982. The Balaban J connectivity index is 1.37. The van der Waals surface area contributed by atoms with Gasteiger partial charge in [0.05, 0.1) is 12.6 Å². The monoisotopic (exact) mass is 480 g/mol. The molecule has 1 aromatic heterocycles. The summed E-state index contributed by atoms with van der Waals surface area (Å²) in [5, 5.41) is 16.7. The van der Waals surface area contributed by atoms with Crippen LogP contribution in [0.3, 0.4) is 0 Å². The number of aliphatic hydroxyl groups is 1. The molecule has 0 bridgehead atoms. The number of nitrogens with zero attached hydrogens (tertiary/aromatic N) is 1. The highest BCUT2D eigenvalue weighted by atomic mass is 16.3. The molecule has 5 atom stereocenters. The van der Waals surface area contributed by atoms with Crippen LogP contribution in [0.4, 0.5) is 0 Å². The van der Waals surface area contributed by atoms with Crippen molar-refractivity contribution in [2.75, 3.05) is 19.7 Å². The summed E-state index contributed by atoms with van der Waals surface area (Å²) in [6.45, 7) is 9.48. The summed E-state index contributed by atoms with van der Waals surface area (Å²) < 4.78 is 0. The Morgan fingerprint density at radius 2 is 2.06 bits per heavy atom. The van der Waals surface area contributed by atoms with E-state index in [4.69, 9.17) is 0 Å². The summed E-state index contributed by atoms with van der Waals surface area (Å²) in [6, 6.07) is 6.84. The second-order valence-electron chi connectivity index (χ2n) is 11.4. The van der Waals surface area contributed by atoms with Gasteiger partial charge in [-0.25, -0.2) is 0 Å². The van der Waals surface area contributed by atoms with Crippen molar-refractivity contribution in [1.82, 2.24) is 20.5 Å². The van der Waals surface area contributed by atoms with E-state index < -0.39 is 12.1 Å². The summed E-state index contributed by atoms with van der Waals surface area (Å²) in [5.74, 6) is 0.0251. The van der Waals surface area contributed by atoms with E-state index in [-0.39, 0.29) is 47.5 Å². The van der Waals surface area contributed by atoms with E-state index >= 15 is 0 Å². The third kappa shape index (κ3) is 4.01. The van der Waals surface area contributed by atoms with Crippen molar-refractivity contribution in [3.8, 4) is 0 Å². The number of carbonyl (C=O) groups excluding carboxylic acids is 3. The second-order valence-corrected chi connectivity index (χ2v) is 11.4. The van der Waals surface area contributed by atoms with Gasteiger partial charge in [0, 0.05) is 29.9 Å². The quantitative estimate of drug-likeness (QED) is 0.487. The number of fused-ring (bicyclic) bond motifs is 2. The molecule has 2 aliphatic heterocycles. The Labute approximate surface area is 205 Å². The van der Waals surface area contributed by atoms with Crippen LogP contribution in [0, 0.1) is 23.2 Å². The molecule has 2 saturated heterocycles. The first-order valence-electron chi connectivity index (χ1n) is 12.7. The fourth-order valence-corrected chi connectivity index (χ4v) is 6.43. The van der Waals surface area contributed by atoms with Crippen LogP contribution in [0.2, 0.25) is 0 Å². The summed E-state index contributed by atoms with van der Waals surface area (Å²) >= 11 is 0. The van der Waals surface area contributed by atoms with Gasteiger partial charge >= 0.3 is 0 Å². The van der Waals surface area contributed by atoms with E-state index in [1.54, 1.807) is 4.90 Å². The van der Waals surface area contributed by atoms with Crippen LogP contribution in [0.25, 0.3) is 10.9 Å². The van der Waals surface area contributed by atoms with Crippen molar-refractivity contribution in [3.63, 3.8) is 0 Å². The van der Waals surface area contributed by atoms with Crippen molar-refractivity contribution in [2.24, 2.45) is 23.2 Å². The number of likely N-dealkylation sites (tertiary alicyclic amines) is 1. The van der Waals surface area contributed by atoms with E-state index in [2.05, 4.69) is 49.4 Å². The normalized spacial score (nSPS) is 27.7. The molecule has 3 amide bonds. The smallest absolute Gasteiger partial charge is 0.271 e. The van der Waals surface area contributed by atoms with Crippen LogP contribution in [0.15, 0.2) is 24.3 Å². The highest BCUT2D eigenvalue weighted by molar-refractivity contribution is 6.01. The van der Waals surface area contributed by atoms with Gasteiger partial charge in [0.2, 0.25) is 11.8 Å². The third-order valence-electron chi connectivity index (χ3n) is 8.59. The van der Waals surface area contributed by atoms with Crippen LogP contribution in [-0.4, -0.2) is 64.5 Å². The number of hydrogen-bond acceptors (Lipinski definition) is 4. The number of hydrogen-bond donors (Lipinski definition) is 4. The number of piperidine rings is 1. The minimum Gasteiger partial charge on any atom is -0.394 e. The van der Waals surface area contributed by atoms with Gasteiger partial charge in [0.25, 0.3) is 5.91 Å². The zero-order valence-corrected chi connectivity index (χ0v) is 20.9. The van der Waals surface area contributed by atoms with Gasteiger partial charge in [-0.3, -0.25) is 14.4 Å². The fourth-order valence-electron chi connectivity index (χ4n) is 6.43. The van der Waals surface area contributed by atoms with E-state index in [9.17, 15) is 19.5 Å². The first kappa shape index (κ1) is 23.9. The average molecular weight is 481 g/mol. The van der Waals surface area contributed by atoms with Gasteiger partial charge in [-0.05, 0) is 53.7 Å². The number of carbonyl (C=O) groups is 3. The number of aliphatic hydroxyl groups excluding tert-OH is 1. The van der Waals surface area contributed by atoms with Gasteiger partial charge in [-0.15, -0.1) is 0 Å². The van der Waals surface area contributed by atoms with Crippen LogP contribution >= 0.6 is 0 Å². The molecule has 3 fully saturated rings. The van der Waals surface area contributed by atoms with Gasteiger partial charge in [0.1, 0.15) is 11.7 Å². The number of amides is 3. The average Bonchev–Trinajstić information content (AvgIpc) is 3.33. The lowest BCUT2D eigenvalue weighted by molar-refractivity contribution is -0.128. The highest BCUT2D eigenvalue weighted by Crippen LogP contribution is 2.65. The molecule has 1 aromatic carbocycles. The molecule has 1 saturated carbocycles. The first-order chi connectivity index (χ1) is 16.6. The van der Waals surface area contributed by atoms with Crippen molar-refractivity contribution >= 4 is 28.6 Å². The number of nitrogens with one attached hydrogen (secondary N) is 3. The maximum absolute atomic E-state index is 13.7. The van der Waals surface area contributed by atoms with Crippen LogP contribution in [0.5, 0.6) is 0 Å². The molecule has 5 rings (SSSR count). The molecule has 0 unspecified atom stereocenters. The van der Waals surface area contributed by atoms with Gasteiger partial charge in [-0.1, -0.05) is 39.8 Å². The molecule has 8 heteroatoms. The van der Waals surface area contributed by atoms with Crippen LogP contribution < -0.4 is 10.6 Å². The van der Waals surface area contributed by atoms with Crippen molar-refractivity contribution in [1.29, 1.82) is 0 Å². The molecule has 0 spiro atoms. The van der Waals surface area contributed by atoms with Crippen LogP contribution in [0.1, 0.15) is 62.5 Å². The molecule has 0 radical (unpaired) electrons. The van der Waals surface area contributed by atoms with Crippen molar-refractivity contribution < 1.29 is 19.5 Å². The van der Waals surface area contributed by atoms with Gasteiger partial charge in [0.15, 0.2) is 0 Å². The van der Waals surface area contributed by atoms with E-state index in [1.807, 2.05) is 18.2 Å². The largest absolute Gasteiger partial charge is 0.394 e. The number of benzene rings is 1. The third-order valence-corrected chi connectivity index (χ3v) is 8.59. The molecule has 2 aromatic rings. The maximum atomic E-state index is 13.7. The lowest BCUT2D eigenvalue weighted by Crippen LogP contribution is -2.53. The highest BCUT2D eigenvalue weighted by Gasteiger charge is 2.69. The lowest BCUT2D eigenvalue weighted by Gasteiger charge is -2.31. The first-order valence-corrected chi connectivity index (χ1v) is 12.7. The minimum atomic E-state index is -0.593. The second kappa shape index (κ2) is 8.66. The van der Waals surface area contributed by atoms with Crippen molar-refractivity contribution in [3.05, 3.63) is 35.5 Å². The maximum Gasteiger partial charge on any atom is 0.271 e. The molecule has 3 aliphatic rings. The molecule has 8 nitrogen and oxygen atoms in total. The van der Waals surface area contributed by atoms with E-state index in [0.717, 1.165) is 10.9 Å². The summed E-state index contributed by atoms with van der Waals surface area (Å²) in [5.41, 5.74) is 2.58. The number of aromatic amines is 1. The fraction of sp³-hybridized carbons (Fsp3) is 0.593. The topological polar surface area (TPSA) is 115 Å². The molecule has 3 heterocycles.